The molecule has 2 amide bonds. The van der Waals surface area contributed by atoms with E-state index in [1.54, 1.807) is 18.3 Å². The number of hydrogen-bond donors (Lipinski definition) is 3. The Morgan fingerprint density at radius 1 is 1.18 bits per heavy atom. The molecule has 116 valence electrons. The van der Waals surface area contributed by atoms with Gasteiger partial charge in [0.25, 0.3) is 5.91 Å². The molecule has 0 spiro atoms. The number of rotatable bonds is 6. The van der Waals surface area contributed by atoms with Crippen LogP contribution in [0.3, 0.4) is 0 Å². The van der Waals surface area contributed by atoms with Crippen molar-refractivity contribution < 1.29 is 14.3 Å². The Hall–Kier alpha value is -2.28. The van der Waals surface area contributed by atoms with Crippen LogP contribution >= 0.6 is 15.9 Å². The molecule has 0 saturated carbocycles. The molecule has 0 aliphatic rings. The van der Waals surface area contributed by atoms with E-state index in [0.29, 0.717) is 18.7 Å². The summed E-state index contributed by atoms with van der Waals surface area (Å²) in [5, 5.41) is 0. The summed E-state index contributed by atoms with van der Waals surface area (Å²) >= 11 is 3.36. The van der Waals surface area contributed by atoms with Gasteiger partial charge in [0.15, 0.2) is 0 Å². The molecule has 2 rings (SSSR count). The van der Waals surface area contributed by atoms with Gasteiger partial charge in [-0.3, -0.25) is 20.4 Å². The van der Waals surface area contributed by atoms with E-state index in [-0.39, 0.29) is 18.2 Å². The molecule has 0 radical (unpaired) electrons. The molecular formula is C15H16BrN3O3. The third-order valence-corrected chi connectivity index (χ3v) is 3.26. The minimum atomic E-state index is -0.385. The van der Waals surface area contributed by atoms with Gasteiger partial charge >= 0.3 is 0 Å². The molecule has 1 aromatic heterocycles. The van der Waals surface area contributed by atoms with Crippen LogP contribution in [-0.4, -0.2) is 23.4 Å². The first-order chi connectivity index (χ1) is 10.6. The summed E-state index contributed by atoms with van der Waals surface area (Å²) in [6, 6.07) is 10.8. The predicted octanol–water partition coefficient (Wildman–Crippen LogP) is 2.40. The number of H-pyrrole nitrogens is 1. The molecule has 0 aliphatic carbocycles. The summed E-state index contributed by atoms with van der Waals surface area (Å²) in [7, 11) is 0. The first kappa shape index (κ1) is 16.1. The fourth-order valence-corrected chi connectivity index (χ4v) is 2.09. The van der Waals surface area contributed by atoms with Gasteiger partial charge in [-0.25, -0.2) is 0 Å². The van der Waals surface area contributed by atoms with E-state index in [0.717, 1.165) is 10.2 Å². The van der Waals surface area contributed by atoms with Crippen LogP contribution in [0.5, 0.6) is 5.75 Å². The zero-order valence-electron chi connectivity index (χ0n) is 11.8. The first-order valence-corrected chi connectivity index (χ1v) is 7.55. The van der Waals surface area contributed by atoms with E-state index in [2.05, 4.69) is 31.8 Å². The van der Waals surface area contributed by atoms with Gasteiger partial charge in [-0.1, -0.05) is 22.0 Å². The number of hydrazine groups is 1. The van der Waals surface area contributed by atoms with E-state index >= 15 is 0 Å². The lowest BCUT2D eigenvalue weighted by molar-refractivity contribution is -0.122. The van der Waals surface area contributed by atoms with Crippen LogP contribution < -0.4 is 15.6 Å². The minimum Gasteiger partial charge on any atom is -0.494 e. The Balaban J connectivity index is 1.61. The molecule has 0 saturated heterocycles. The van der Waals surface area contributed by atoms with Gasteiger partial charge in [-0.05, 0) is 36.8 Å². The second kappa shape index (κ2) is 8.23. The number of benzene rings is 1. The Morgan fingerprint density at radius 2 is 2.05 bits per heavy atom. The molecule has 0 fully saturated rings. The van der Waals surface area contributed by atoms with Gasteiger partial charge in [0.2, 0.25) is 5.91 Å². The molecule has 3 N–H and O–H groups in total. The monoisotopic (exact) mass is 365 g/mol. The Morgan fingerprint density at radius 3 is 2.77 bits per heavy atom. The van der Waals surface area contributed by atoms with E-state index in [1.165, 1.54) is 0 Å². The highest BCUT2D eigenvalue weighted by molar-refractivity contribution is 9.10. The summed E-state index contributed by atoms with van der Waals surface area (Å²) in [6.45, 7) is 0.425. The van der Waals surface area contributed by atoms with Crippen molar-refractivity contribution in [2.45, 2.75) is 12.8 Å². The number of carbonyl (C=O) groups excluding carboxylic acids is 2. The number of ether oxygens (including phenoxy) is 1. The molecule has 1 aromatic carbocycles. The average molecular weight is 366 g/mol. The summed E-state index contributed by atoms with van der Waals surface area (Å²) in [6.07, 6.45) is 2.45. The van der Waals surface area contributed by atoms with Crippen LogP contribution in [-0.2, 0) is 4.79 Å². The molecule has 1 heterocycles. The minimum absolute atomic E-state index is 0.263. The second-order valence-electron chi connectivity index (χ2n) is 4.50. The van der Waals surface area contributed by atoms with Crippen molar-refractivity contribution in [3.63, 3.8) is 0 Å². The molecule has 0 atom stereocenters. The summed E-state index contributed by atoms with van der Waals surface area (Å²) in [5.74, 6) is 0.0938. The number of aromatic nitrogens is 1. The fraction of sp³-hybridized carbons (Fsp3) is 0.200. The van der Waals surface area contributed by atoms with Crippen LogP contribution in [0.25, 0.3) is 0 Å². The van der Waals surface area contributed by atoms with Gasteiger partial charge < -0.3 is 9.72 Å². The molecule has 6 nitrogen and oxygen atoms in total. The largest absolute Gasteiger partial charge is 0.494 e. The molecule has 0 aliphatic heterocycles. The maximum atomic E-state index is 11.6. The summed E-state index contributed by atoms with van der Waals surface area (Å²) < 4.78 is 6.46. The van der Waals surface area contributed by atoms with Crippen molar-refractivity contribution in [2.75, 3.05) is 6.61 Å². The SMILES string of the molecule is O=C(CCCOc1cccc(Br)c1)NNC(=O)c1ccc[nH]1. The van der Waals surface area contributed by atoms with Crippen LogP contribution in [0.1, 0.15) is 23.3 Å². The lowest BCUT2D eigenvalue weighted by Gasteiger charge is -2.08. The number of carbonyl (C=O) groups is 2. The Bertz CT molecular complexity index is 629. The summed E-state index contributed by atoms with van der Waals surface area (Å²) in [5.41, 5.74) is 5.08. The lowest BCUT2D eigenvalue weighted by atomic mass is 10.3. The Kier molecular flexibility index (Phi) is 6.02. The van der Waals surface area contributed by atoms with Gasteiger partial charge in [0.1, 0.15) is 11.4 Å². The smallest absolute Gasteiger partial charge is 0.286 e. The number of aromatic amines is 1. The molecular weight excluding hydrogens is 350 g/mol. The maximum absolute atomic E-state index is 11.6. The average Bonchev–Trinajstić information content (AvgIpc) is 3.04. The molecule has 22 heavy (non-hydrogen) atoms. The van der Waals surface area contributed by atoms with Crippen LogP contribution in [0.4, 0.5) is 0 Å². The fourth-order valence-electron chi connectivity index (χ4n) is 1.71. The van der Waals surface area contributed by atoms with Crippen LogP contribution in [0.15, 0.2) is 47.1 Å². The van der Waals surface area contributed by atoms with E-state index < -0.39 is 0 Å². The molecule has 0 bridgehead atoms. The third-order valence-electron chi connectivity index (χ3n) is 2.77. The Labute approximate surface area is 136 Å². The van der Waals surface area contributed by atoms with E-state index in [9.17, 15) is 9.59 Å². The highest BCUT2D eigenvalue weighted by atomic mass is 79.9. The quantitative estimate of drug-likeness (QED) is 0.542. The van der Waals surface area contributed by atoms with Crippen molar-refractivity contribution in [1.82, 2.24) is 15.8 Å². The number of halogens is 1. The standard InChI is InChI=1S/C15H16BrN3O3/c16-11-4-1-5-12(10-11)22-9-3-7-14(20)18-19-15(21)13-6-2-8-17-13/h1-2,4-6,8,10,17H,3,7,9H2,(H,18,20)(H,19,21). The zero-order valence-corrected chi connectivity index (χ0v) is 13.4. The van der Waals surface area contributed by atoms with Crippen molar-refractivity contribution in [3.8, 4) is 5.75 Å². The van der Waals surface area contributed by atoms with Crippen molar-refractivity contribution in [1.29, 1.82) is 0 Å². The van der Waals surface area contributed by atoms with Crippen LogP contribution in [0.2, 0.25) is 0 Å². The molecule has 2 aromatic rings. The predicted molar refractivity (Wildman–Crippen MR) is 85.3 cm³/mol. The highest BCUT2D eigenvalue weighted by Gasteiger charge is 2.07. The first-order valence-electron chi connectivity index (χ1n) is 6.76. The zero-order chi connectivity index (χ0) is 15.8. The number of nitrogens with one attached hydrogen (secondary N) is 3. The van der Waals surface area contributed by atoms with Crippen molar-refractivity contribution in [2.24, 2.45) is 0 Å². The lowest BCUT2D eigenvalue weighted by Crippen LogP contribution is -2.41. The molecule has 0 unspecified atom stereocenters. The van der Waals surface area contributed by atoms with Gasteiger partial charge in [0, 0.05) is 17.1 Å². The summed E-state index contributed by atoms with van der Waals surface area (Å²) in [4.78, 5) is 25.9. The topological polar surface area (TPSA) is 83.2 Å². The maximum Gasteiger partial charge on any atom is 0.286 e. The number of amides is 2. The van der Waals surface area contributed by atoms with E-state index in [4.69, 9.17) is 4.74 Å². The van der Waals surface area contributed by atoms with Crippen LogP contribution in [0, 0.1) is 0 Å². The van der Waals surface area contributed by atoms with Crippen molar-refractivity contribution in [3.05, 3.63) is 52.8 Å². The van der Waals surface area contributed by atoms with E-state index in [1.807, 2.05) is 24.3 Å². The van der Waals surface area contributed by atoms with Gasteiger partial charge in [-0.15, -0.1) is 0 Å². The van der Waals surface area contributed by atoms with Gasteiger partial charge in [0.05, 0.1) is 6.61 Å². The normalized spacial score (nSPS) is 10.0. The number of hydrogen-bond acceptors (Lipinski definition) is 3. The third kappa shape index (κ3) is 5.25. The van der Waals surface area contributed by atoms with Gasteiger partial charge in [-0.2, -0.15) is 0 Å². The molecule has 7 heteroatoms. The van der Waals surface area contributed by atoms with Crippen molar-refractivity contribution >= 4 is 27.7 Å². The second-order valence-corrected chi connectivity index (χ2v) is 5.41. The highest BCUT2D eigenvalue weighted by Crippen LogP contribution is 2.17.